The maximum atomic E-state index is 13.1. The molecule has 0 saturated heterocycles. The molecule has 0 aromatic heterocycles. The van der Waals surface area contributed by atoms with E-state index in [0.29, 0.717) is 15.7 Å². The molecule has 140 valence electrons. The number of carbonyl (C=O) groups excluding carboxylic acids is 1. The lowest BCUT2D eigenvalue weighted by Gasteiger charge is -2.29. The average molecular weight is 430 g/mol. The topological polar surface area (TPSA) is 35.6 Å². The van der Waals surface area contributed by atoms with Crippen molar-refractivity contribution < 1.29 is 18.0 Å². The summed E-state index contributed by atoms with van der Waals surface area (Å²) in [6.07, 6.45) is -4.50. The van der Waals surface area contributed by atoms with Crippen molar-refractivity contribution in [3.63, 3.8) is 0 Å². The van der Waals surface area contributed by atoms with Crippen LogP contribution < -0.4 is 10.3 Å². The van der Waals surface area contributed by atoms with Gasteiger partial charge in [0.1, 0.15) is 0 Å². The van der Waals surface area contributed by atoms with E-state index in [4.69, 9.17) is 0 Å². The Bertz CT molecular complexity index is 822. The molecule has 0 heterocycles. The van der Waals surface area contributed by atoms with Crippen molar-refractivity contribution in [2.45, 2.75) is 13.1 Å². The molecule has 0 saturated carbocycles. The lowest BCUT2D eigenvalue weighted by Crippen LogP contribution is -2.34. The van der Waals surface area contributed by atoms with Crippen molar-refractivity contribution in [2.24, 2.45) is 0 Å². The van der Waals surface area contributed by atoms with Crippen LogP contribution >= 0.6 is 15.9 Å². The molecule has 1 amide bonds. The fourth-order valence-corrected chi connectivity index (χ4v) is 2.74. The summed E-state index contributed by atoms with van der Waals surface area (Å²) in [5.41, 5.74) is 0.912. The van der Waals surface area contributed by atoms with E-state index in [2.05, 4.69) is 21.2 Å². The normalized spacial score (nSPS) is 11.6. The van der Waals surface area contributed by atoms with Crippen LogP contribution in [0, 0.1) is 6.92 Å². The van der Waals surface area contributed by atoms with Gasteiger partial charge in [-0.15, -0.1) is 0 Å². The second kappa shape index (κ2) is 7.67. The highest BCUT2D eigenvalue weighted by atomic mass is 79.9. The van der Waals surface area contributed by atoms with Crippen molar-refractivity contribution in [3.8, 4) is 0 Å². The highest BCUT2D eigenvalue weighted by Gasteiger charge is 2.31. The number of aryl methyl sites for hydroxylation is 1. The molecule has 0 bridgehead atoms. The molecule has 2 aromatic rings. The molecule has 0 fully saturated rings. The first-order chi connectivity index (χ1) is 12.0. The van der Waals surface area contributed by atoms with Crippen molar-refractivity contribution in [3.05, 3.63) is 57.6 Å². The summed E-state index contributed by atoms with van der Waals surface area (Å²) in [6.45, 7) is 1.83. The average Bonchev–Trinajstić information content (AvgIpc) is 2.55. The lowest BCUT2D eigenvalue weighted by molar-refractivity contribution is -0.137. The Morgan fingerprint density at radius 2 is 1.73 bits per heavy atom. The number of benzene rings is 2. The summed E-state index contributed by atoms with van der Waals surface area (Å²) in [5, 5.41) is 5.94. The quantitative estimate of drug-likeness (QED) is 0.698. The molecule has 2 aromatic carbocycles. The third-order valence-corrected chi connectivity index (χ3v) is 4.58. The Labute approximate surface area is 158 Å². The molecule has 0 aliphatic heterocycles. The Morgan fingerprint density at radius 3 is 2.31 bits per heavy atom. The van der Waals surface area contributed by atoms with E-state index in [0.717, 1.165) is 17.7 Å². The lowest BCUT2D eigenvalue weighted by atomic mass is 10.1. The van der Waals surface area contributed by atoms with Gasteiger partial charge in [0.05, 0.1) is 22.5 Å². The van der Waals surface area contributed by atoms with E-state index in [1.54, 1.807) is 43.3 Å². The van der Waals surface area contributed by atoms with Crippen molar-refractivity contribution >= 4 is 33.2 Å². The molecule has 0 atom stereocenters. The molecule has 4 nitrogen and oxygen atoms in total. The second-order valence-electron chi connectivity index (χ2n) is 6.04. The van der Waals surface area contributed by atoms with Crippen LogP contribution in [0.25, 0.3) is 0 Å². The number of hydrogen-bond acceptors (Lipinski definition) is 3. The summed E-state index contributed by atoms with van der Waals surface area (Å²) < 4.78 is 39.8. The molecule has 26 heavy (non-hydrogen) atoms. The number of hydrogen-bond donors (Lipinski definition) is 1. The number of carbonyl (C=O) groups is 1. The summed E-state index contributed by atoms with van der Waals surface area (Å²) >= 11 is 3.30. The largest absolute Gasteiger partial charge is 0.416 e. The van der Waals surface area contributed by atoms with E-state index >= 15 is 0 Å². The Hall–Kier alpha value is -2.06. The second-order valence-corrected chi connectivity index (χ2v) is 6.89. The van der Waals surface area contributed by atoms with E-state index in [-0.39, 0.29) is 5.69 Å². The first-order valence-electron chi connectivity index (χ1n) is 7.70. The van der Waals surface area contributed by atoms with Crippen molar-refractivity contribution in [2.75, 3.05) is 31.5 Å². The number of alkyl halides is 3. The predicted molar refractivity (Wildman–Crippen MR) is 100 cm³/mol. The van der Waals surface area contributed by atoms with Gasteiger partial charge in [-0.2, -0.15) is 13.2 Å². The minimum absolute atomic E-state index is 0.0782. The molecule has 2 rings (SSSR count). The van der Waals surface area contributed by atoms with Gasteiger partial charge in [0.2, 0.25) is 0 Å². The third-order valence-electron chi connectivity index (χ3n) is 3.89. The van der Waals surface area contributed by atoms with E-state index < -0.39 is 17.6 Å². The number of anilines is 2. The van der Waals surface area contributed by atoms with Crippen LogP contribution in [0.1, 0.15) is 21.5 Å². The molecule has 8 heteroatoms. The van der Waals surface area contributed by atoms with E-state index in [9.17, 15) is 18.0 Å². The Balaban J connectivity index is 2.48. The number of amides is 1. The SMILES string of the molecule is Cc1ccc(Br)c(C(=O)Nc2cc(C(F)(F)F)ccc2N(C)N(C)C)c1. The molecule has 0 aliphatic rings. The smallest absolute Gasteiger partial charge is 0.320 e. The third kappa shape index (κ3) is 4.56. The monoisotopic (exact) mass is 429 g/mol. The first-order valence-corrected chi connectivity index (χ1v) is 8.49. The summed E-state index contributed by atoms with van der Waals surface area (Å²) in [7, 11) is 5.20. The zero-order valence-electron chi connectivity index (χ0n) is 14.8. The summed E-state index contributed by atoms with van der Waals surface area (Å²) in [4.78, 5) is 12.6. The molecular weight excluding hydrogens is 411 g/mol. The van der Waals surface area contributed by atoms with Crippen LogP contribution in [-0.2, 0) is 6.18 Å². The fourth-order valence-electron chi connectivity index (χ4n) is 2.31. The van der Waals surface area contributed by atoms with Gasteiger partial charge in [0.15, 0.2) is 0 Å². The van der Waals surface area contributed by atoms with Crippen LogP contribution in [0.3, 0.4) is 0 Å². The zero-order valence-corrected chi connectivity index (χ0v) is 16.4. The Kier molecular flexibility index (Phi) is 5.98. The van der Waals surface area contributed by atoms with Gasteiger partial charge in [-0.3, -0.25) is 4.79 Å². The van der Waals surface area contributed by atoms with Crippen LogP contribution in [0.2, 0.25) is 0 Å². The molecule has 1 N–H and O–H groups in total. The minimum atomic E-state index is -4.50. The Morgan fingerprint density at radius 1 is 1.08 bits per heavy atom. The van der Waals surface area contributed by atoms with Crippen LogP contribution in [0.5, 0.6) is 0 Å². The van der Waals surface area contributed by atoms with Crippen LogP contribution in [0.4, 0.5) is 24.5 Å². The van der Waals surface area contributed by atoms with E-state index in [1.807, 2.05) is 13.0 Å². The highest BCUT2D eigenvalue weighted by Crippen LogP contribution is 2.35. The maximum absolute atomic E-state index is 13.1. The van der Waals surface area contributed by atoms with Gasteiger partial charge in [-0.25, -0.2) is 5.01 Å². The van der Waals surface area contributed by atoms with Gasteiger partial charge in [-0.05, 0) is 53.2 Å². The van der Waals surface area contributed by atoms with Gasteiger partial charge in [0.25, 0.3) is 5.91 Å². The molecule has 0 aliphatic carbocycles. The number of nitrogens with zero attached hydrogens (tertiary/aromatic N) is 2. The summed E-state index contributed by atoms with van der Waals surface area (Å²) in [5.74, 6) is -0.492. The number of nitrogens with one attached hydrogen (secondary N) is 1. The van der Waals surface area contributed by atoms with Gasteiger partial charge in [0, 0.05) is 25.6 Å². The maximum Gasteiger partial charge on any atom is 0.416 e. The first kappa shape index (κ1) is 20.3. The van der Waals surface area contributed by atoms with Gasteiger partial charge in [-0.1, -0.05) is 11.6 Å². The van der Waals surface area contributed by atoms with Gasteiger partial charge < -0.3 is 10.3 Å². The fraction of sp³-hybridized carbons (Fsp3) is 0.278. The minimum Gasteiger partial charge on any atom is -0.320 e. The van der Waals surface area contributed by atoms with E-state index in [1.165, 1.54) is 6.07 Å². The van der Waals surface area contributed by atoms with Crippen molar-refractivity contribution in [1.82, 2.24) is 5.01 Å². The number of hydrazine groups is 1. The molecular formula is C18H19BrF3N3O. The predicted octanol–water partition coefficient (Wildman–Crippen LogP) is 4.94. The van der Waals surface area contributed by atoms with Gasteiger partial charge >= 0.3 is 6.18 Å². The molecule has 0 radical (unpaired) electrons. The van der Waals surface area contributed by atoms with Crippen LogP contribution in [0.15, 0.2) is 40.9 Å². The molecule has 0 spiro atoms. The molecule has 0 unspecified atom stereocenters. The number of halogens is 4. The van der Waals surface area contributed by atoms with Crippen LogP contribution in [-0.4, -0.2) is 32.1 Å². The zero-order chi connectivity index (χ0) is 19.6. The van der Waals surface area contributed by atoms with Crippen molar-refractivity contribution in [1.29, 1.82) is 0 Å². The number of rotatable bonds is 4. The highest BCUT2D eigenvalue weighted by molar-refractivity contribution is 9.10. The summed E-state index contributed by atoms with van der Waals surface area (Å²) in [6, 6.07) is 8.50. The standard InChI is InChI=1S/C18H19BrF3N3O/c1-11-5-7-14(19)13(9-11)17(26)23-15-10-12(18(20,21)22)6-8-16(15)25(4)24(2)3/h5-10H,1-4H3,(H,23,26).